The van der Waals surface area contributed by atoms with Crippen molar-refractivity contribution in [3.8, 4) is 0 Å². The summed E-state index contributed by atoms with van der Waals surface area (Å²) in [4.78, 5) is 0. The topological polar surface area (TPSA) is 189 Å². The largest absolute Gasteiger partial charge is 0.389 e. The number of ether oxygens (including phenoxy) is 2. The van der Waals surface area contributed by atoms with E-state index < -0.39 is 61.0 Å². The van der Waals surface area contributed by atoms with Crippen molar-refractivity contribution < 1.29 is 29.9 Å². The molecule has 6 unspecified atom stereocenters. The van der Waals surface area contributed by atoms with Crippen molar-refractivity contribution in [3.63, 3.8) is 0 Å². The van der Waals surface area contributed by atoms with Crippen LogP contribution in [-0.2, 0) is 9.47 Å². The summed E-state index contributed by atoms with van der Waals surface area (Å²) in [5.74, 6) is 0. The molecular weight excluding hydrogens is 320 g/mol. The first-order valence-corrected chi connectivity index (χ1v) is 8.28. The second kappa shape index (κ2) is 8.32. The summed E-state index contributed by atoms with van der Waals surface area (Å²) in [5, 5.41) is 43.3. The molecule has 1 saturated heterocycles. The van der Waals surface area contributed by atoms with Crippen molar-refractivity contribution >= 4 is 0 Å². The molecule has 0 bridgehead atoms. The van der Waals surface area contributed by atoms with Crippen LogP contribution < -0.4 is 22.5 Å². The van der Waals surface area contributed by atoms with Crippen molar-refractivity contribution in [2.24, 2.45) is 17.2 Å². The van der Waals surface area contributed by atoms with Gasteiger partial charge in [0.15, 0.2) is 6.29 Å². The van der Waals surface area contributed by atoms with E-state index in [0.29, 0.717) is 13.1 Å². The maximum atomic E-state index is 10.2. The molecule has 1 aliphatic carbocycles. The molecule has 0 aromatic rings. The third-order valence-corrected chi connectivity index (χ3v) is 4.73. The first-order chi connectivity index (χ1) is 11.3. The number of rotatable bonds is 5. The summed E-state index contributed by atoms with van der Waals surface area (Å²) in [6.45, 7) is 2.86. The molecule has 24 heavy (non-hydrogen) atoms. The molecule has 0 aromatic carbocycles. The lowest BCUT2D eigenvalue weighted by atomic mass is 9.84. The number of hydrogen-bond donors (Lipinski definition) is 8. The fraction of sp³-hybridized carbons (Fsp3) is 1.00. The molecule has 2 aliphatic rings. The highest BCUT2D eigenvalue weighted by Gasteiger charge is 2.47. The van der Waals surface area contributed by atoms with Crippen LogP contribution in [0.1, 0.15) is 13.3 Å². The predicted molar refractivity (Wildman–Crippen MR) is 84.6 cm³/mol. The lowest BCUT2D eigenvalue weighted by molar-refractivity contribution is -0.288. The van der Waals surface area contributed by atoms with Crippen LogP contribution in [0.25, 0.3) is 0 Å². The molecule has 1 aliphatic heterocycles. The second-order valence-electron chi connectivity index (χ2n) is 6.55. The van der Waals surface area contributed by atoms with Gasteiger partial charge in [0.05, 0.1) is 12.1 Å². The lowest BCUT2D eigenvalue weighted by Crippen LogP contribution is -2.67. The van der Waals surface area contributed by atoms with Crippen molar-refractivity contribution in [2.45, 2.75) is 74.4 Å². The van der Waals surface area contributed by atoms with Crippen LogP contribution in [0.15, 0.2) is 0 Å². The normalized spacial score (nSPS) is 50.0. The van der Waals surface area contributed by atoms with E-state index in [4.69, 9.17) is 26.7 Å². The molecule has 1 saturated carbocycles. The van der Waals surface area contributed by atoms with E-state index in [1.165, 1.54) is 0 Å². The Morgan fingerprint density at radius 3 is 2.29 bits per heavy atom. The summed E-state index contributed by atoms with van der Waals surface area (Å²) in [6.07, 6.45) is -7.39. The van der Waals surface area contributed by atoms with Crippen LogP contribution in [0.2, 0.25) is 0 Å². The predicted octanol–water partition coefficient (Wildman–Crippen LogP) is -4.46. The molecule has 10 atom stereocenters. The number of nitrogens with one attached hydrogen (secondary N) is 1. The van der Waals surface area contributed by atoms with E-state index in [1.807, 2.05) is 6.92 Å². The molecule has 10 nitrogen and oxygen atoms in total. The smallest absolute Gasteiger partial charge is 0.176 e. The highest BCUT2D eigenvalue weighted by molar-refractivity contribution is 4.99. The Labute approximate surface area is 140 Å². The highest BCUT2D eigenvalue weighted by Crippen LogP contribution is 2.27. The Bertz CT molecular complexity index is 405. The number of aliphatic hydroxyl groups is 4. The van der Waals surface area contributed by atoms with Crippen LogP contribution in [0.4, 0.5) is 0 Å². The molecule has 2 fully saturated rings. The van der Waals surface area contributed by atoms with Gasteiger partial charge >= 0.3 is 0 Å². The minimum atomic E-state index is -1.30. The van der Waals surface area contributed by atoms with Crippen LogP contribution in [0, 0.1) is 0 Å². The minimum Gasteiger partial charge on any atom is -0.389 e. The third kappa shape index (κ3) is 4.05. The van der Waals surface area contributed by atoms with Gasteiger partial charge in [0.1, 0.15) is 30.5 Å². The SMILES string of the molecule is CCNC[C@H]1O[C@H](OC2C(O)C(O)[C@H](N)C[C@@H]2N)C(N)C(O)C1O. The summed E-state index contributed by atoms with van der Waals surface area (Å²) >= 11 is 0. The zero-order chi connectivity index (χ0) is 18.0. The second-order valence-corrected chi connectivity index (χ2v) is 6.55. The molecular formula is C14H30N4O6. The highest BCUT2D eigenvalue weighted by atomic mass is 16.7. The molecule has 11 N–H and O–H groups in total. The summed E-state index contributed by atoms with van der Waals surface area (Å²) in [6, 6.07) is -2.29. The van der Waals surface area contributed by atoms with Gasteiger partial charge in [-0.25, -0.2) is 0 Å². The maximum absolute atomic E-state index is 10.2. The van der Waals surface area contributed by atoms with Gasteiger partial charge < -0.3 is 52.4 Å². The summed E-state index contributed by atoms with van der Waals surface area (Å²) < 4.78 is 11.3. The molecule has 0 amide bonds. The molecule has 1 heterocycles. The average Bonchev–Trinajstić information content (AvgIpc) is 2.55. The molecule has 0 radical (unpaired) electrons. The summed E-state index contributed by atoms with van der Waals surface area (Å²) in [7, 11) is 0. The lowest BCUT2D eigenvalue weighted by Gasteiger charge is -2.46. The van der Waals surface area contributed by atoms with Gasteiger partial charge in [0.2, 0.25) is 0 Å². The Kier molecular flexibility index (Phi) is 6.90. The fourth-order valence-electron chi connectivity index (χ4n) is 3.16. The van der Waals surface area contributed by atoms with Crippen molar-refractivity contribution in [2.75, 3.05) is 13.1 Å². The van der Waals surface area contributed by atoms with Gasteiger partial charge in [0.25, 0.3) is 0 Å². The maximum Gasteiger partial charge on any atom is 0.176 e. The van der Waals surface area contributed by atoms with E-state index in [9.17, 15) is 20.4 Å². The van der Waals surface area contributed by atoms with Gasteiger partial charge in [-0.2, -0.15) is 0 Å². The van der Waals surface area contributed by atoms with Crippen molar-refractivity contribution in [1.82, 2.24) is 5.32 Å². The van der Waals surface area contributed by atoms with Crippen molar-refractivity contribution in [1.29, 1.82) is 0 Å². The van der Waals surface area contributed by atoms with Crippen molar-refractivity contribution in [3.05, 3.63) is 0 Å². The molecule has 142 valence electrons. The standard InChI is InChI=1S/C14H30N4O6/c1-2-18-4-7-10(20)11(21)8(17)14(23-7)24-13-6(16)3-5(15)9(19)12(13)22/h5-14,18-22H,2-4,15-17H2,1H3/t5-,6+,7-,8?,9?,10?,11?,12?,13?,14-/m1/s1. The zero-order valence-corrected chi connectivity index (χ0v) is 13.7. The average molecular weight is 350 g/mol. The van der Waals surface area contributed by atoms with Gasteiger partial charge in [-0.3, -0.25) is 0 Å². The molecule has 0 spiro atoms. The molecule has 10 heteroatoms. The Hall–Kier alpha value is -0.400. The van der Waals surface area contributed by atoms with E-state index in [0.717, 1.165) is 0 Å². The first-order valence-electron chi connectivity index (χ1n) is 8.28. The van der Waals surface area contributed by atoms with Crippen LogP contribution >= 0.6 is 0 Å². The van der Waals surface area contributed by atoms with E-state index in [1.54, 1.807) is 0 Å². The molecule has 0 aromatic heterocycles. The van der Waals surface area contributed by atoms with E-state index in [2.05, 4.69) is 5.32 Å². The third-order valence-electron chi connectivity index (χ3n) is 4.73. The van der Waals surface area contributed by atoms with Gasteiger partial charge in [-0.1, -0.05) is 6.92 Å². The van der Waals surface area contributed by atoms with E-state index in [-0.39, 0.29) is 6.42 Å². The van der Waals surface area contributed by atoms with Gasteiger partial charge in [-0.15, -0.1) is 0 Å². The van der Waals surface area contributed by atoms with Gasteiger partial charge in [0, 0.05) is 18.6 Å². The molecule has 2 rings (SSSR count). The van der Waals surface area contributed by atoms with Crippen LogP contribution in [0.5, 0.6) is 0 Å². The fourth-order valence-corrected chi connectivity index (χ4v) is 3.16. The Morgan fingerprint density at radius 2 is 1.67 bits per heavy atom. The van der Waals surface area contributed by atoms with Crippen LogP contribution in [-0.4, -0.2) is 94.6 Å². The summed E-state index contributed by atoms with van der Waals surface area (Å²) in [5.41, 5.74) is 17.6. The Morgan fingerprint density at radius 1 is 1.00 bits per heavy atom. The number of likely N-dealkylation sites (N-methyl/N-ethyl adjacent to an activating group) is 1. The van der Waals surface area contributed by atoms with E-state index >= 15 is 0 Å². The van der Waals surface area contributed by atoms with Gasteiger partial charge in [-0.05, 0) is 13.0 Å². The monoisotopic (exact) mass is 350 g/mol. The number of hydrogen-bond acceptors (Lipinski definition) is 10. The first kappa shape index (κ1) is 19.9. The minimum absolute atomic E-state index is 0.261. The zero-order valence-electron chi connectivity index (χ0n) is 13.7. The Balaban J connectivity index is 2.06. The quantitative estimate of drug-likeness (QED) is 0.240. The number of aliphatic hydroxyl groups excluding tert-OH is 4. The number of nitrogens with two attached hydrogens (primary N) is 3. The van der Waals surface area contributed by atoms with Crippen LogP contribution in [0.3, 0.4) is 0 Å².